The number of rotatable bonds is 7. The van der Waals surface area contributed by atoms with Gasteiger partial charge in [0.1, 0.15) is 0 Å². The van der Waals surface area contributed by atoms with Crippen LogP contribution in [0.4, 0.5) is 5.69 Å². The summed E-state index contributed by atoms with van der Waals surface area (Å²) in [6.45, 7) is 8.95. The minimum atomic E-state index is -0.393. The van der Waals surface area contributed by atoms with Crippen molar-refractivity contribution >= 4 is 5.69 Å². The summed E-state index contributed by atoms with van der Waals surface area (Å²) in [6.07, 6.45) is 3.40. The second-order valence-electron chi connectivity index (χ2n) is 6.63. The van der Waals surface area contributed by atoms with Gasteiger partial charge in [0, 0.05) is 17.9 Å². The van der Waals surface area contributed by atoms with E-state index < -0.39 is 4.92 Å². The number of piperidine rings is 1. The lowest BCUT2D eigenvalue weighted by Crippen LogP contribution is -3.14. The first kappa shape index (κ1) is 16.7. The summed E-state index contributed by atoms with van der Waals surface area (Å²) in [4.78, 5) is 12.2. The molecular formula is C17H27N2O3+. The third kappa shape index (κ3) is 4.98. The van der Waals surface area contributed by atoms with Crippen molar-refractivity contribution in [1.82, 2.24) is 0 Å². The third-order valence-corrected chi connectivity index (χ3v) is 4.32. The maximum Gasteiger partial charge on any atom is 0.310 e. The molecule has 0 aromatic heterocycles. The SMILES string of the molecule is C[C@@H]1C[C@@H](C)C[NH+](CCCCOc2ccccc2[N+](=O)[O-])C1. The van der Waals surface area contributed by atoms with Crippen LogP contribution in [0.5, 0.6) is 5.75 Å². The van der Waals surface area contributed by atoms with E-state index in [1.54, 1.807) is 23.1 Å². The number of nitro benzene ring substituents is 1. The van der Waals surface area contributed by atoms with Crippen LogP contribution in [0.15, 0.2) is 24.3 Å². The van der Waals surface area contributed by atoms with Crippen molar-refractivity contribution in [2.24, 2.45) is 11.8 Å². The molecule has 2 rings (SSSR count). The highest BCUT2D eigenvalue weighted by Gasteiger charge is 2.24. The summed E-state index contributed by atoms with van der Waals surface area (Å²) in [7, 11) is 0. The molecule has 1 saturated heterocycles. The quantitative estimate of drug-likeness (QED) is 0.478. The molecule has 122 valence electrons. The average Bonchev–Trinajstić information content (AvgIpc) is 2.46. The Bertz CT molecular complexity index is 483. The monoisotopic (exact) mass is 307 g/mol. The number of para-hydroxylation sites is 2. The molecule has 0 bridgehead atoms. The lowest BCUT2D eigenvalue weighted by atomic mass is 9.92. The molecule has 1 fully saturated rings. The zero-order valence-corrected chi connectivity index (χ0v) is 13.6. The maximum absolute atomic E-state index is 10.9. The van der Waals surface area contributed by atoms with Gasteiger partial charge in [-0.05, 0) is 25.3 Å². The number of ether oxygens (including phenoxy) is 1. The number of hydrogen-bond acceptors (Lipinski definition) is 3. The first-order valence-electron chi connectivity index (χ1n) is 8.26. The number of quaternary nitrogens is 1. The second kappa shape index (κ2) is 8.13. The van der Waals surface area contributed by atoms with Gasteiger partial charge >= 0.3 is 5.69 Å². The largest absolute Gasteiger partial charge is 0.487 e. The minimum Gasteiger partial charge on any atom is -0.487 e. The molecule has 1 aromatic carbocycles. The molecule has 1 aliphatic heterocycles. The highest BCUT2D eigenvalue weighted by Crippen LogP contribution is 2.25. The molecule has 1 aromatic rings. The van der Waals surface area contributed by atoms with Gasteiger partial charge in [0.25, 0.3) is 0 Å². The van der Waals surface area contributed by atoms with Gasteiger partial charge in [-0.1, -0.05) is 26.0 Å². The normalized spacial score (nSPS) is 24.9. The Morgan fingerprint density at radius 2 is 1.91 bits per heavy atom. The van der Waals surface area contributed by atoms with E-state index in [9.17, 15) is 10.1 Å². The molecule has 0 amide bonds. The van der Waals surface area contributed by atoms with Crippen LogP contribution in [0.3, 0.4) is 0 Å². The Morgan fingerprint density at radius 1 is 1.23 bits per heavy atom. The van der Waals surface area contributed by atoms with E-state index in [1.807, 2.05) is 0 Å². The number of nitrogens with one attached hydrogen (secondary N) is 1. The van der Waals surface area contributed by atoms with Crippen molar-refractivity contribution in [1.29, 1.82) is 0 Å². The molecule has 5 heteroatoms. The lowest BCUT2D eigenvalue weighted by molar-refractivity contribution is -0.912. The van der Waals surface area contributed by atoms with E-state index in [0.717, 1.165) is 24.7 Å². The van der Waals surface area contributed by atoms with Crippen molar-refractivity contribution in [3.05, 3.63) is 34.4 Å². The van der Waals surface area contributed by atoms with Crippen LogP contribution in [0, 0.1) is 22.0 Å². The number of benzene rings is 1. The molecule has 1 aliphatic rings. The van der Waals surface area contributed by atoms with E-state index in [-0.39, 0.29) is 5.69 Å². The van der Waals surface area contributed by atoms with Crippen molar-refractivity contribution in [2.45, 2.75) is 33.1 Å². The number of hydrogen-bond donors (Lipinski definition) is 1. The third-order valence-electron chi connectivity index (χ3n) is 4.32. The average molecular weight is 307 g/mol. The number of unbranched alkanes of at least 4 members (excludes halogenated alkanes) is 1. The molecule has 0 spiro atoms. The Morgan fingerprint density at radius 3 is 2.59 bits per heavy atom. The molecule has 0 radical (unpaired) electrons. The molecule has 0 saturated carbocycles. The predicted octanol–water partition coefficient (Wildman–Crippen LogP) is 2.31. The van der Waals surface area contributed by atoms with Crippen molar-refractivity contribution in [3.63, 3.8) is 0 Å². The Hall–Kier alpha value is -1.62. The van der Waals surface area contributed by atoms with E-state index in [4.69, 9.17) is 4.74 Å². The molecule has 0 aliphatic carbocycles. The van der Waals surface area contributed by atoms with Crippen LogP contribution in [0.2, 0.25) is 0 Å². The highest BCUT2D eigenvalue weighted by molar-refractivity contribution is 5.45. The summed E-state index contributed by atoms with van der Waals surface area (Å²) in [5, 5.41) is 10.9. The van der Waals surface area contributed by atoms with Gasteiger partial charge in [0.15, 0.2) is 5.75 Å². The van der Waals surface area contributed by atoms with Crippen LogP contribution >= 0.6 is 0 Å². The zero-order chi connectivity index (χ0) is 15.9. The Balaban J connectivity index is 1.68. The number of nitro groups is 1. The summed E-state index contributed by atoms with van der Waals surface area (Å²) in [6, 6.07) is 6.57. The number of likely N-dealkylation sites (tertiary alicyclic amines) is 1. The number of nitrogens with zero attached hydrogens (tertiary/aromatic N) is 1. The molecule has 5 nitrogen and oxygen atoms in total. The van der Waals surface area contributed by atoms with Gasteiger partial charge in [0.2, 0.25) is 0 Å². The molecule has 1 heterocycles. The molecule has 1 N–H and O–H groups in total. The van der Waals surface area contributed by atoms with Crippen LogP contribution in [0.1, 0.15) is 33.1 Å². The van der Waals surface area contributed by atoms with Gasteiger partial charge in [-0.2, -0.15) is 0 Å². The van der Waals surface area contributed by atoms with Crippen molar-refractivity contribution in [3.8, 4) is 5.75 Å². The standard InChI is InChI=1S/C17H26N2O3/c1-14-11-15(2)13-18(12-14)9-5-6-10-22-17-8-4-3-7-16(17)19(20)21/h3-4,7-8,14-15H,5-6,9-13H2,1-2H3/p+1/t14-,15-/m1/s1. The molecule has 0 unspecified atom stereocenters. The van der Waals surface area contributed by atoms with E-state index in [0.29, 0.717) is 12.4 Å². The molecule has 2 atom stereocenters. The Kier molecular flexibility index (Phi) is 6.19. The van der Waals surface area contributed by atoms with Crippen LogP contribution in [-0.2, 0) is 0 Å². The van der Waals surface area contributed by atoms with Gasteiger partial charge in [-0.25, -0.2) is 0 Å². The zero-order valence-electron chi connectivity index (χ0n) is 13.6. The van der Waals surface area contributed by atoms with Crippen molar-refractivity contribution < 1.29 is 14.6 Å². The smallest absolute Gasteiger partial charge is 0.310 e. The molecule has 22 heavy (non-hydrogen) atoms. The van der Waals surface area contributed by atoms with Gasteiger partial charge in [0.05, 0.1) is 31.2 Å². The van der Waals surface area contributed by atoms with Crippen LogP contribution in [-0.4, -0.2) is 31.2 Å². The van der Waals surface area contributed by atoms with Gasteiger partial charge < -0.3 is 9.64 Å². The van der Waals surface area contributed by atoms with Crippen LogP contribution in [0.25, 0.3) is 0 Å². The summed E-state index contributed by atoms with van der Waals surface area (Å²) < 4.78 is 5.58. The topological polar surface area (TPSA) is 56.8 Å². The fourth-order valence-corrected chi connectivity index (χ4v) is 3.52. The predicted molar refractivity (Wildman–Crippen MR) is 86.3 cm³/mol. The minimum absolute atomic E-state index is 0.0480. The fraction of sp³-hybridized carbons (Fsp3) is 0.647. The van der Waals surface area contributed by atoms with Crippen molar-refractivity contribution in [2.75, 3.05) is 26.2 Å². The second-order valence-corrected chi connectivity index (χ2v) is 6.63. The van der Waals surface area contributed by atoms with Gasteiger partial charge in [-0.15, -0.1) is 0 Å². The lowest BCUT2D eigenvalue weighted by Gasteiger charge is -2.32. The first-order chi connectivity index (χ1) is 10.6. The fourth-order valence-electron chi connectivity index (χ4n) is 3.52. The van der Waals surface area contributed by atoms with Gasteiger partial charge in [-0.3, -0.25) is 10.1 Å². The summed E-state index contributed by atoms with van der Waals surface area (Å²) in [5.41, 5.74) is 0.0480. The summed E-state index contributed by atoms with van der Waals surface area (Å²) >= 11 is 0. The van der Waals surface area contributed by atoms with Crippen LogP contribution < -0.4 is 9.64 Å². The maximum atomic E-state index is 10.9. The summed E-state index contributed by atoms with van der Waals surface area (Å²) in [5.74, 6) is 2.02. The van der Waals surface area contributed by atoms with E-state index in [1.165, 1.54) is 32.1 Å². The van der Waals surface area contributed by atoms with E-state index in [2.05, 4.69) is 13.8 Å². The highest BCUT2D eigenvalue weighted by atomic mass is 16.6. The first-order valence-corrected chi connectivity index (χ1v) is 8.26. The molecular weight excluding hydrogens is 280 g/mol. The van der Waals surface area contributed by atoms with E-state index >= 15 is 0 Å². The Labute approximate surface area is 132 Å².